The third kappa shape index (κ3) is 5.13. The summed E-state index contributed by atoms with van der Waals surface area (Å²) >= 11 is 0. The number of amides is 2. The van der Waals surface area contributed by atoms with Gasteiger partial charge in [0.2, 0.25) is 0 Å². The van der Waals surface area contributed by atoms with Gasteiger partial charge in [-0.2, -0.15) is 5.10 Å². The van der Waals surface area contributed by atoms with Crippen molar-refractivity contribution in [1.82, 2.24) is 20.1 Å². The van der Waals surface area contributed by atoms with Crippen LogP contribution in [0.1, 0.15) is 63.8 Å². The lowest BCUT2D eigenvalue weighted by atomic mass is 9.87. The Kier molecular flexibility index (Phi) is 6.07. The van der Waals surface area contributed by atoms with Crippen molar-refractivity contribution in [3.63, 3.8) is 0 Å². The summed E-state index contributed by atoms with van der Waals surface area (Å²) in [6.07, 6.45) is 6.54. The van der Waals surface area contributed by atoms with Crippen molar-refractivity contribution in [3.05, 3.63) is 66.0 Å². The molecule has 0 aliphatic heterocycles. The van der Waals surface area contributed by atoms with Gasteiger partial charge in [0, 0.05) is 11.9 Å². The number of hydrogen-bond donors (Lipinski definition) is 2. The predicted molar refractivity (Wildman–Crippen MR) is 124 cm³/mol. The van der Waals surface area contributed by atoms with E-state index >= 15 is 0 Å². The van der Waals surface area contributed by atoms with E-state index in [1.54, 1.807) is 6.20 Å². The van der Waals surface area contributed by atoms with Crippen molar-refractivity contribution in [3.8, 4) is 11.4 Å². The number of anilines is 1. The molecule has 2 N–H and O–H groups in total. The Balaban J connectivity index is 1.43. The lowest BCUT2D eigenvalue weighted by Crippen LogP contribution is -2.28. The van der Waals surface area contributed by atoms with Gasteiger partial charge in [0.25, 0.3) is 0 Å². The van der Waals surface area contributed by atoms with Crippen molar-refractivity contribution in [2.75, 3.05) is 5.32 Å². The molecule has 162 valence electrons. The molecular weight excluding hydrogens is 386 g/mol. The van der Waals surface area contributed by atoms with E-state index in [2.05, 4.69) is 53.2 Å². The lowest BCUT2D eigenvalue weighted by Gasteiger charge is -2.19. The van der Waals surface area contributed by atoms with Crippen LogP contribution >= 0.6 is 0 Å². The van der Waals surface area contributed by atoms with Gasteiger partial charge in [-0.05, 0) is 54.2 Å². The third-order valence-corrected chi connectivity index (χ3v) is 5.82. The van der Waals surface area contributed by atoms with Crippen LogP contribution in [0.5, 0.6) is 0 Å². The van der Waals surface area contributed by atoms with Gasteiger partial charge >= 0.3 is 6.03 Å². The standard InChI is InChI=1S/C25H31N5O/c1-25(2,3)18-11-13-19(14-12-18)28-24(31)27-17-20-16-23(22-10-6-7-15-26-22)30(29-20)21-8-4-5-9-21/h6-7,10-16,21H,4-5,8-9,17H2,1-3H3,(H2,27,28,31). The van der Waals surface area contributed by atoms with Crippen molar-refractivity contribution in [2.45, 2.75) is 64.5 Å². The number of nitrogens with zero attached hydrogens (tertiary/aromatic N) is 3. The molecule has 0 saturated heterocycles. The molecule has 1 aliphatic carbocycles. The minimum atomic E-state index is -0.238. The fraction of sp³-hybridized carbons (Fsp3) is 0.400. The first-order valence-corrected chi connectivity index (χ1v) is 11.1. The molecule has 1 fully saturated rings. The Labute approximate surface area is 184 Å². The van der Waals surface area contributed by atoms with E-state index in [1.165, 1.54) is 18.4 Å². The maximum Gasteiger partial charge on any atom is 0.319 e. The van der Waals surface area contributed by atoms with Crippen LogP contribution < -0.4 is 10.6 Å². The van der Waals surface area contributed by atoms with E-state index in [1.807, 2.05) is 36.4 Å². The summed E-state index contributed by atoms with van der Waals surface area (Å²) in [5, 5.41) is 10.7. The Hall–Kier alpha value is -3.15. The normalized spacial score (nSPS) is 14.5. The number of rotatable bonds is 5. The molecule has 1 saturated carbocycles. The summed E-state index contributed by atoms with van der Waals surface area (Å²) in [5.41, 5.74) is 4.86. The molecule has 6 nitrogen and oxygen atoms in total. The zero-order valence-corrected chi connectivity index (χ0v) is 18.6. The van der Waals surface area contributed by atoms with Gasteiger partial charge in [0.1, 0.15) is 0 Å². The van der Waals surface area contributed by atoms with Gasteiger partial charge in [-0.15, -0.1) is 0 Å². The van der Waals surface area contributed by atoms with E-state index in [-0.39, 0.29) is 11.4 Å². The van der Waals surface area contributed by atoms with Gasteiger partial charge in [-0.1, -0.05) is 51.8 Å². The zero-order valence-electron chi connectivity index (χ0n) is 18.6. The largest absolute Gasteiger partial charge is 0.332 e. The molecule has 4 rings (SSSR count). The first-order valence-electron chi connectivity index (χ1n) is 11.1. The van der Waals surface area contributed by atoms with Crippen molar-refractivity contribution < 1.29 is 4.79 Å². The van der Waals surface area contributed by atoms with E-state index in [0.29, 0.717) is 12.6 Å². The maximum absolute atomic E-state index is 12.4. The summed E-state index contributed by atoms with van der Waals surface area (Å²) in [6, 6.07) is 16.1. The molecule has 0 bridgehead atoms. The molecule has 0 atom stereocenters. The maximum atomic E-state index is 12.4. The van der Waals surface area contributed by atoms with Crippen LogP contribution in [0.2, 0.25) is 0 Å². The number of carbonyl (C=O) groups is 1. The minimum absolute atomic E-state index is 0.0876. The summed E-state index contributed by atoms with van der Waals surface area (Å²) in [7, 11) is 0. The highest BCUT2D eigenvalue weighted by Gasteiger charge is 2.22. The average Bonchev–Trinajstić information content (AvgIpc) is 3.42. The number of urea groups is 1. The first-order chi connectivity index (χ1) is 14.9. The summed E-state index contributed by atoms with van der Waals surface area (Å²) in [6.45, 7) is 6.88. The molecule has 2 amide bonds. The number of hydrogen-bond acceptors (Lipinski definition) is 3. The molecule has 1 aromatic carbocycles. The average molecular weight is 418 g/mol. The second-order valence-corrected chi connectivity index (χ2v) is 9.25. The van der Waals surface area contributed by atoms with Crippen LogP contribution in [0, 0.1) is 0 Å². The van der Waals surface area contributed by atoms with E-state index in [4.69, 9.17) is 5.10 Å². The molecular formula is C25H31N5O. The second-order valence-electron chi connectivity index (χ2n) is 9.25. The molecule has 2 heterocycles. The Morgan fingerprint density at radius 3 is 2.48 bits per heavy atom. The molecule has 2 aromatic heterocycles. The quantitative estimate of drug-likeness (QED) is 0.561. The van der Waals surface area contributed by atoms with Crippen LogP contribution in [0.3, 0.4) is 0 Å². The monoisotopic (exact) mass is 417 g/mol. The summed E-state index contributed by atoms with van der Waals surface area (Å²) in [5.74, 6) is 0. The highest BCUT2D eigenvalue weighted by Crippen LogP contribution is 2.33. The predicted octanol–water partition coefficient (Wildman–Crippen LogP) is 5.68. The fourth-order valence-corrected chi connectivity index (χ4v) is 4.06. The van der Waals surface area contributed by atoms with Crippen LogP contribution in [0.4, 0.5) is 10.5 Å². The van der Waals surface area contributed by atoms with E-state index in [9.17, 15) is 4.79 Å². The molecule has 0 unspecified atom stereocenters. The highest BCUT2D eigenvalue weighted by atomic mass is 16.2. The Morgan fingerprint density at radius 1 is 1.10 bits per heavy atom. The fourth-order valence-electron chi connectivity index (χ4n) is 4.06. The van der Waals surface area contributed by atoms with Gasteiger partial charge < -0.3 is 10.6 Å². The Bertz CT molecular complexity index is 1010. The highest BCUT2D eigenvalue weighted by molar-refractivity contribution is 5.89. The summed E-state index contributed by atoms with van der Waals surface area (Å²) in [4.78, 5) is 16.9. The second kappa shape index (κ2) is 8.92. The SMILES string of the molecule is CC(C)(C)c1ccc(NC(=O)NCc2cc(-c3ccccn3)n(C3CCCC3)n2)cc1. The van der Waals surface area contributed by atoms with Gasteiger partial charge in [-0.3, -0.25) is 9.67 Å². The molecule has 6 heteroatoms. The molecule has 31 heavy (non-hydrogen) atoms. The molecule has 0 radical (unpaired) electrons. The number of aromatic nitrogens is 3. The zero-order chi connectivity index (χ0) is 21.8. The molecule has 1 aliphatic rings. The van der Waals surface area contributed by atoms with Gasteiger partial charge in [-0.25, -0.2) is 4.79 Å². The summed E-state index contributed by atoms with van der Waals surface area (Å²) < 4.78 is 2.11. The number of nitrogens with one attached hydrogen (secondary N) is 2. The van der Waals surface area contributed by atoms with Crippen molar-refractivity contribution >= 4 is 11.7 Å². The van der Waals surface area contributed by atoms with Gasteiger partial charge in [0.05, 0.1) is 29.7 Å². The van der Waals surface area contributed by atoms with Crippen molar-refractivity contribution in [1.29, 1.82) is 0 Å². The molecule has 3 aromatic rings. The number of benzene rings is 1. The lowest BCUT2D eigenvalue weighted by molar-refractivity contribution is 0.251. The van der Waals surface area contributed by atoms with Crippen LogP contribution in [-0.2, 0) is 12.0 Å². The van der Waals surface area contributed by atoms with E-state index < -0.39 is 0 Å². The van der Waals surface area contributed by atoms with Gasteiger partial charge in [0.15, 0.2) is 0 Å². The molecule has 0 spiro atoms. The minimum Gasteiger partial charge on any atom is -0.332 e. The first kappa shape index (κ1) is 21.1. The van der Waals surface area contributed by atoms with Crippen molar-refractivity contribution in [2.24, 2.45) is 0 Å². The Morgan fingerprint density at radius 2 is 1.84 bits per heavy atom. The van der Waals surface area contributed by atoms with Crippen LogP contribution in [0.15, 0.2) is 54.7 Å². The number of carbonyl (C=O) groups excluding carboxylic acids is 1. The smallest absolute Gasteiger partial charge is 0.319 e. The van der Waals surface area contributed by atoms with E-state index in [0.717, 1.165) is 35.6 Å². The number of pyridine rings is 1. The van der Waals surface area contributed by atoms with Crippen LogP contribution in [0.25, 0.3) is 11.4 Å². The van der Waals surface area contributed by atoms with Crippen LogP contribution in [-0.4, -0.2) is 20.8 Å². The topological polar surface area (TPSA) is 71.8 Å². The third-order valence-electron chi connectivity index (χ3n) is 5.82.